The maximum absolute atomic E-state index is 14.2. The average Bonchev–Trinajstić information content (AvgIpc) is 2.99. The molecule has 0 spiro atoms. The molecular formula is C17H22ClFN4O2. The summed E-state index contributed by atoms with van der Waals surface area (Å²) in [5, 5.41) is 6.73. The number of rotatable bonds is 4. The molecule has 1 amide bonds. The Morgan fingerprint density at radius 1 is 1.40 bits per heavy atom. The Balaban J connectivity index is 0.00000225. The summed E-state index contributed by atoms with van der Waals surface area (Å²) >= 11 is 0. The molecule has 3 N–H and O–H groups in total. The Morgan fingerprint density at radius 3 is 2.80 bits per heavy atom. The van der Waals surface area contributed by atoms with E-state index in [1.165, 1.54) is 6.07 Å². The highest BCUT2D eigenvalue weighted by Crippen LogP contribution is 2.27. The van der Waals surface area contributed by atoms with Crippen LogP contribution >= 0.6 is 12.4 Å². The molecule has 0 radical (unpaired) electrons. The number of aromatic nitrogens is 2. The van der Waals surface area contributed by atoms with Crippen LogP contribution in [-0.4, -0.2) is 22.1 Å². The number of carbonyl (C=O) groups excluding carboxylic acids is 1. The minimum Gasteiger partial charge on any atom is -0.342 e. The fraction of sp³-hybridized carbons (Fsp3) is 0.471. The molecule has 3 atom stereocenters. The number of hydrogen-bond acceptors (Lipinski definition) is 5. The summed E-state index contributed by atoms with van der Waals surface area (Å²) in [7, 11) is 0. The number of hydrogen-bond donors (Lipinski definition) is 2. The van der Waals surface area contributed by atoms with Crippen LogP contribution in [0.5, 0.6) is 0 Å². The van der Waals surface area contributed by atoms with Crippen molar-refractivity contribution in [1.82, 2.24) is 15.5 Å². The van der Waals surface area contributed by atoms with Crippen LogP contribution in [0.1, 0.15) is 49.0 Å². The molecule has 1 aliphatic rings. The summed E-state index contributed by atoms with van der Waals surface area (Å²) in [6, 6.07) is 5.51. The number of carbonyl (C=O) groups is 1. The molecule has 3 unspecified atom stereocenters. The monoisotopic (exact) mass is 368 g/mol. The van der Waals surface area contributed by atoms with Gasteiger partial charge in [-0.05, 0) is 25.3 Å². The lowest BCUT2D eigenvalue weighted by Crippen LogP contribution is -2.40. The van der Waals surface area contributed by atoms with Crippen LogP contribution in [0.3, 0.4) is 0 Å². The van der Waals surface area contributed by atoms with Gasteiger partial charge in [-0.1, -0.05) is 29.8 Å². The van der Waals surface area contributed by atoms with Crippen LogP contribution in [0.4, 0.5) is 4.39 Å². The molecule has 1 aromatic carbocycles. The number of benzene rings is 1. The van der Waals surface area contributed by atoms with Gasteiger partial charge in [0.1, 0.15) is 11.9 Å². The lowest BCUT2D eigenvalue weighted by molar-refractivity contribution is -0.126. The van der Waals surface area contributed by atoms with E-state index in [0.29, 0.717) is 17.9 Å². The van der Waals surface area contributed by atoms with Gasteiger partial charge in [-0.3, -0.25) is 4.79 Å². The maximum atomic E-state index is 14.2. The van der Waals surface area contributed by atoms with Crippen molar-refractivity contribution >= 4 is 18.3 Å². The Labute approximate surface area is 151 Å². The first kappa shape index (κ1) is 19.3. The Hall–Kier alpha value is -1.99. The first-order valence-electron chi connectivity index (χ1n) is 8.15. The molecule has 2 aromatic rings. The zero-order valence-electron chi connectivity index (χ0n) is 13.9. The highest BCUT2D eigenvalue weighted by atomic mass is 35.5. The van der Waals surface area contributed by atoms with E-state index in [9.17, 15) is 9.18 Å². The van der Waals surface area contributed by atoms with Crippen molar-refractivity contribution in [1.29, 1.82) is 0 Å². The predicted molar refractivity (Wildman–Crippen MR) is 92.6 cm³/mol. The van der Waals surface area contributed by atoms with Crippen molar-refractivity contribution in [3.05, 3.63) is 47.4 Å². The second-order valence-corrected chi connectivity index (χ2v) is 6.26. The van der Waals surface area contributed by atoms with Crippen molar-refractivity contribution < 1.29 is 13.7 Å². The number of amides is 1. The second kappa shape index (κ2) is 8.40. The summed E-state index contributed by atoms with van der Waals surface area (Å²) in [6.45, 7) is 1.65. The van der Waals surface area contributed by atoms with Crippen LogP contribution in [0.25, 0.3) is 0 Å². The Bertz CT molecular complexity index is 724. The van der Waals surface area contributed by atoms with Crippen molar-refractivity contribution in [3.63, 3.8) is 0 Å². The number of aryl methyl sites for hydroxylation is 1. The largest absolute Gasteiger partial charge is 0.342 e. The van der Waals surface area contributed by atoms with Gasteiger partial charge in [0, 0.05) is 24.4 Å². The SMILES string of the molecule is Cc1nc(C(NC(=O)C2CCCC(N)C2)c2ccccc2F)no1.Cl. The van der Waals surface area contributed by atoms with Gasteiger partial charge >= 0.3 is 0 Å². The minimum atomic E-state index is -0.783. The van der Waals surface area contributed by atoms with Crippen molar-refractivity contribution in [3.8, 4) is 0 Å². The maximum Gasteiger partial charge on any atom is 0.224 e. The van der Waals surface area contributed by atoms with Gasteiger partial charge < -0.3 is 15.6 Å². The fourth-order valence-electron chi connectivity index (χ4n) is 3.15. The molecule has 6 nitrogen and oxygen atoms in total. The van der Waals surface area contributed by atoms with Crippen LogP contribution < -0.4 is 11.1 Å². The molecule has 1 heterocycles. The lowest BCUT2D eigenvalue weighted by atomic mass is 9.85. The summed E-state index contributed by atoms with van der Waals surface area (Å²) in [4.78, 5) is 16.8. The summed E-state index contributed by atoms with van der Waals surface area (Å²) in [6.07, 6.45) is 3.28. The Morgan fingerprint density at radius 2 is 2.16 bits per heavy atom. The average molecular weight is 369 g/mol. The molecule has 3 rings (SSSR count). The topological polar surface area (TPSA) is 94.0 Å². The van der Waals surface area contributed by atoms with E-state index in [4.69, 9.17) is 10.3 Å². The van der Waals surface area contributed by atoms with Gasteiger partial charge in [0.2, 0.25) is 11.8 Å². The standard InChI is InChI=1S/C17H21FN4O2.ClH/c1-10-20-16(22-24-10)15(13-7-2-3-8-14(13)18)21-17(23)11-5-4-6-12(19)9-11;/h2-3,7-8,11-12,15H,4-6,9,19H2,1H3,(H,21,23);1H. The number of nitrogens with two attached hydrogens (primary N) is 1. The van der Waals surface area contributed by atoms with E-state index in [1.54, 1.807) is 25.1 Å². The second-order valence-electron chi connectivity index (χ2n) is 6.26. The third-order valence-corrected chi connectivity index (χ3v) is 4.39. The van der Waals surface area contributed by atoms with E-state index in [2.05, 4.69) is 15.5 Å². The quantitative estimate of drug-likeness (QED) is 0.865. The first-order chi connectivity index (χ1) is 11.5. The van der Waals surface area contributed by atoms with Crippen molar-refractivity contribution in [2.75, 3.05) is 0 Å². The number of nitrogens with one attached hydrogen (secondary N) is 1. The summed E-state index contributed by atoms with van der Waals surface area (Å²) in [5.41, 5.74) is 6.28. The van der Waals surface area contributed by atoms with Gasteiger partial charge in [0.05, 0.1) is 0 Å². The molecule has 1 fully saturated rings. The number of nitrogens with zero attached hydrogens (tertiary/aromatic N) is 2. The van der Waals surface area contributed by atoms with Gasteiger partial charge in [0.25, 0.3) is 0 Å². The van der Waals surface area contributed by atoms with Crippen LogP contribution in [0.15, 0.2) is 28.8 Å². The zero-order chi connectivity index (χ0) is 17.1. The van der Waals surface area contributed by atoms with Gasteiger partial charge in [0.15, 0.2) is 5.82 Å². The summed E-state index contributed by atoms with van der Waals surface area (Å²) < 4.78 is 19.2. The first-order valence-corrected chi connectivity index (χ1v) is 8.15. The zero-order valence-corrected chi connectivity index (χ0v) is 14.8. The van der Waals surface area contributed by atoms with E-state index < -0.39 is 11.9 Å². The lowest BCUT2D eigenvalue weighted by Gasteiger charge is -2.27. The van der Waals surface area contributed by atoms with E-state index in [0.717, 1.165) is 19.3 Å². The molecule has 1 saturated carbocycles. The third-order valence-electron chi connectivity index (χ3n) is 4.39. The van der Waals surface area contributed by atoms with Crippen molar-refractivity contribution in [2.24, 2.45) is 11.7 Å². The van der Waals surface area contributed by atoms with Gasteiger partial charge in [-0.25, -0.2) is 4.39 Å². The fourth-order valence-corrected chi connectivity index (χ4v) is 3.15. The molecular weight excluding hydrogens is 347 g/mol. The molecule has 136 valence electrons. The molecule has 0 aliphatic heterocycles. The van der Waals surface area contributed by atoms with Crippen LogP contribution in [-0.2, 0) is 4.79 Å². The molecule has 1 aromatic heterocycles. The smallest absolute Gasteiger partial charge is 0.224 e. The van der Waals surface area contributed by atoms with E-state index in [1.807, 2.05) is 0 Å². The summed E-state index contributed by atoms with van der Waals surface area (Å²) in [5.74, 6) is -0.145. The molecule has 25 heavy (non-hydrogen) atoms. The van der Waals surface area contributed by atoms with Gasteiger partial charge in [-0.2, -0.15) is 4.98 Å². The van der Waals surface area contributed by atoms with E-state index in [-0.39, 0.29) is 36.1 Å². The number of halogens is 2. The van der Waals surface area contributed by atoms with Gasteiger partial charge in [-0.15, -0.1) is 12.4 Å². The molecule has 1 aliphatic carbocycles. The van der Waals surface area contributed by atoms with E-state index >= 15 is 0 Å². The highest BCUT2D eigenvalue weighted by Gasteiger charge is 2.30. The molecule has 8 heteroatoms. The Kier molecular flexibility index (Phi) is 6.50. The normalized spacial score (nSPS) is 21.2. The predicted octanol–water partition coefficient (Wildman–Crippen LogP) is 2.66. The van der Waals surface area contributed by atoms with Crippen LogP contribution in [0.2, 0.25) is 0 Å². The molecule has 0 bridgehead atoms. The minimum absolute atomic E-state index is 0. The third kappa shape index (κ3) is 4.55. The molecule has 0 saturated heterocycles. The van der Waals surface area contributed by atoms with Crippen molar-refractivity contribution in [2.45, 2.75) is 44.7 Å². The van der Waals surface area contributed by atoms with Crippen LogP contribution in [0, 0.1) is 18.7 Å². The highest BCUT2D eigenvalue weighted by molar-refractivity contribution is 5.85.